The van der Waals surface area contributed by atoms with Crippen LogP contribution in [-0.4, -0.2) is 57.2 Å². The number of amides is 1. The van der Waals surface area contributed by atoms with Crippen molar-refractivity contribution in [3.63, 3.8) is 0 Å². The van der Waals surface area contributed by atoms with E-state index in [1.54, 1.807) is 60.7 Å². The molecule has 0 aliphatic heterocycles. The highest BCUT2D eigenvalue weighted by molar-refractivity contribution is 5.90. The fourth-order valence-corrected chi connectivity index (χ4v) is 3.73. The molecule has 0 heterocycles. The van der Waals surface area contributed by atoms with Crippen LogP contribution in [0.2, 0.25) is 0 Å². The molecule has 2 aromatic rings. The Bertz CT molecular complexity index is 1400. The summed E-state index contributed by atoms with van der Waals surface area (Å²) in [6.07, 6.45) is 7.36. The topological polar surface area (TPSA) is 145 Å². The maximum atomic E-state index is 12.6. The Morgan fingerprint density at radius 2 is 1.35 bits per heavy atom. The van der Waals surface area contributed by atoms with Crippen LogP contribution in [0.1, 0.15) is 41.6 Å². The van der Waals surface area contributed by atoms with E-state index in [-0.39, 0.29) is 26.6 Å². The predicted octanol–water partition coefficient (Wildman–Crippen LogP) is 5.30. The average Bonchev–Trinajstić information content (AvgIpc) is 3.08. The summed E-state index contributed by atoms with van der Waals surface area (Å²) in [7, 11) is 0. The molecule has 0 spiro atoms. The smallest absolute Gasteiger partial charge is 0.412 e. The number of benzene rings is 2. The minimum absolute atomic E-state index is 0.00907. The Labute approximate surface area is 267 Å². The van der Waals surface area contributed by atoms with Crippen molar-refractivity contribution in [1.82, 2.24) is 5.32 Å². The minimum Gasteiger partial charge on any atom is -0.494 e. The summed E-state index contributed by atoms with van der Waals surface area (Å²) >= 11 is 0. The van der Waals surface area contributed by atoms with Crippen LogP contribution in [0.3, 0.4) is 0 Å². The normalized spacial score (nSPS) is 12.0. The van der Waals surface area contributed by atoms with Crippen LogP contribution in [0.25, 0.3) is 0 Å². The number of carbonyl (C=O) groups excluding carboxylic acids is 4. The first kappa shape index (κ1) is 35.1. The molecule has 1 aliphatic carbocycles. The van der Waals surface area contributed by atoms with Gasteiger partial charge >= 0.3 is 24.0 Å². The number of rotatable bonds is 19. The quantitative estimate of drug-likeness (QED) is 0.0706. The van der Waals surface area contributed by atoms with Crippen molar-refractivity contribution in [2.75, 3.05) is 33.2 Å². The largest absolute Gasteiger partial charge is 0.494 e. The van der Waals surface area contributed by atoms with Gasteiger partial charge in [-0.3, -0.25) is 0 Å². The van der Waals surface area contributed by atoms with E-state index in [2.05, 4.69) is 18.5 Å². The number of hydrogen-bond acceptors (Lipinski definition) is 11. The molecule has 244 valence electrons. The van der Waals surface area contributed by atoms with Gasteiger partial charge in [-0.2, -0.15) is 0 Å². The molecule has 3 rings (SSSR count). The fourth-order valence-electron chi connectivity index (χ4n) is 3.73. The average molecular weight is 636 g/mol. The number of hydrogen-bond donors (Lipinski definition) is 1. The lowest BCUT2D eigenvalue weighted by Crippen LogP contribution is -2.30. The second-order valence-corrected chi connectivity index (χ2v) is 9.55. The standard InChI is InChI=1S/C34H37NO11/c1-3-31(36)42-21-6-5-20-41-27-13-9-26(10-14-27)33(38)45-29-17-15-28(16-18-29)44-24-40-23-25-7-11-30(12-8-25)46-34(39)35-19-22-43-32(37)4-2/h3-4,7-15,17H,1-2,5-6,16,18-24H2,(H,35,39). The number of carbonyl (C=O) groups is 4. The predicted molar refractivity (Wildman–Crippen MR) is 166 cm³/mol. The van der Waals surface area contributed by atoms with E-state index in [9.17, 15) is 19.2 Å². The molecule has 0 saturated heterocycles. The van der Waals surface area contributed by atoms with Crippen LogP contribution in [0.15, 0.2) is 97.5 Å². The van der Waals surface area contributed by atoms with Crippen LogP contribution >= 0.6 is 0 Å². The molecule has 1 N–H and O–H groups in total. The van der Waals surface area contributed by atoms with Gasteiger partial charge in [0, 0.05) is 25.0 Å². The van der Waals surface area contributed by atoms with Gasteiger partial charge in [0.25, 0.3) is 0 Å². The van der Waals surface area contributed by atoms with Crippen LogP contribution in [0.5, 0.6) is 11.5 Å². The van der Waals surface area contributed by atoms with Gasteiger partial charge in [0.15, 0.2) is 6.79 Å². The molecule has 0 bridgehead atoms. The zero-order valence-electron chi connectivity index (χ0n) is 25.4. The summed E-state index contributed by atoms with van der Waals surface area (Å²) in [4.78, 5) is 46.3. The molecule has 12 nitrogen and oxygen atoms in total. The van der Waals surface area contributed by atoms with Crippen molar-refractivity contribution >= 4 is 24.0 Å². The molecule has 0 radical (unpaired) electrons. The van der Waals surface area contributed by atoms with Gasteiger partial charge in [-0.15, -0.1) is 0 Å². The number of unbranched alkanes of at least 4 members (excludes halogenated alkanes) is 1. The third kappa shape index (κ3) is 13.5. The molecule has 0 aromatic heterocycles. The molecular formula is C34H37NO11. The molecule has 1 amide bonds. The lowest BCUT2D eigenvalue weighted by Gasteiger charge is -2.16. The van der Waals surface area contributed by atoms with Crippen molar-refractivity contribution in [2.45, 2.75) is 32.3 Å². The summed E-state index contributed by atoms with van der Waals surface area (Å²) in [6.45, 7) is 7.82. The Balaban J connectivity index is 1.29. The van der Waals surface area contributed by atoms with Crippen molar-refractivity contribution in [3.05, 3.63) is 109 Å². The van der Waals surface area contributed by atoms with Gasteiger partial charge in [-0.1, -0.05) is 25.3 Å². The Morgan fingerprint density at radius 3 is 2.02 bits per heavy atom. The van der Waals surface area contributed by atoms with Gasteiger partial charge in [0.2, 0.25) is 0 Å². The first-order valence-electron chi connectivity index (χ1n) is 14.5. The Kier molecular flexibility index (Phi) is 15.1. The van der Waals surface area contributed by atoms with Crippen LogP contribution in [-0.2, 0) is 39.9 Å². The van der Waals surface area contributed by atoms with Gasteiger partial charge < -0.3 is 38.5 Å². The van der Waals surface area contributed by atoms with Crippen molar-refractivity contribution in [1.29, 1.82) is 0 Å². The summed E-state index contributed by atoms with van der Waals surface area (Å²) in [5.74, 6) is 0.723. The van der Waals surface area contributed by atoms with E-state index >= 15 is 0 Å². The lowest BCUT2D eigenvalue weighted by molar-refractivity contribution is -0.138. The highest BCUT2D eigenvalue weighted by Crippen LogP contribution is 2.22. The fraction of sp³-hybridized carbons (Fsp3) is 0.294. The molecule has 0 saturated carbocycles. The van der Waals surface area contributed by atoms with Crippen LogP contribution in [0, 0.1) is 0 Å². The molecule has 0 atom stereocenters. The van der Waals surface area contributed by atoms with Crippen LogP contribution < -0.4 is 14.8 Å². The molecule has 1 aliphatic rings. The summed E-state index contributed by atoms with van der Waals surface area (Å²) in [5, 5.41) is 2.47. The summed E-state index contributed by atoms with van der Waals surface area (Å²) in [6, 6.07) is 13.5. The highest BCUT2D eigenvalue weighted by atomic mass is 16.7. The van der Waals surface area contributed by atoms with Crippen molar-refractivity contribution in [3.8, 4) is 11.5 Å². The van der Waals surface area contributed by atoms with Gasteiger partial charge in [0.05, 0.1) is 37.7 Å². The third-order valence-electron chi connectivity index (χ3n) is 6.12. The third-order valence-corrected chi connectivity index (χ3v) is 6.12. The summed E-state index contributed by atoms with van der Waals surface area (Å²) < 4.78 is 37.3. The first-order valence-corrected chi connectivity index (χ1v) is 14.5. The van der Waals surface area contributed by atoms with Crippen molar-refractivity contribution < 1.29 is 52.3 Å². The second-order valence-electron chi connectivity index (χ2n) is 9.55. The summed E-state index contributed by atoms with van der Waals surface area (Å²) in [5.41, 5.74) is 1.25. The molecule has 0 unspecified atom stereocenters. The zero-order chi connectivity index (χ0) is 33.0. The number of allylic oxidation sites excluding steroid dienone is 4. The molecule has 46 heavy (non-hydrogen) atoms. The zero-order valence-corrected chi connectivity index (χ0v) is 25.4. The maximum Gasteiger partial charge on any atom is 0.412 e. The highest BCUT2D eigenvalue weighted by Gasteiger charge is 2.14. The van der Waals surface area contributed by atoms with E-state index in [4.69, 9.17) is 33.2 Å². The molecular weight excluding hydrogens is 598 g/mol. The maximum absolute atomic E-state index is 12.6. The lowest BCUT2D eigenvalue weighted by atomic mass is 10.1. The number of ether oxygens (including phenoxy) is 7. The first-order chi connectivity index (χ1) is 22.4. The van der Waals surface area contributed by atoms with E-state index in [0.29, 0.717) is 67.5 Å². The van der Waals surface area contributed by atoms with Gasteiger partial charge in [-0.25, -0.2) is 19.2 Å². The minimum atomic E-state index is -0.671. The Hall–Kier alpha value is -5.36. The van der Waals surface area contributed by atoms with E-state index in [1.807, 2.05) is 0 Å². The Morgan fingerprint density at radius 1 is 0.717 bits per heavy atom. The molecule has 0 fully saturated rings. The van der Waals surface area contributed by atoms with E-state index < -0.39 is 24.0 Å². The van der Waals surface area contributed by atoms with E-state index in [1.165, 1.54) is 0 Å². The number of nitrogens with one attached hydrogen (secondary N) is 1. The number of esters is 3. The monoisotopic (exact) mass is 635 g/mol. The van der Waals surface area contributed by atoms with Crippen molar-refractivity contribution in [2.24, 2.45) is 0 Å². The van der Waals surface area contributed by atoms with Gasteiger partial charge in [0.1, 0.15) is 23.9 Å². The van der Waals surface area contributed by atoms with E-state index in [0.717, 1.165) is 17.7 Å². The molecule has 2 aromatic carbocycles. The molecule has 12 heteroatoms. The second kappa shape index (κ2) is 19.8. The van der Waals surface area contributed by atoms with Crippen LogP contribution in [0.4, 0.5) is 4.79 Å². The SMILES string of the molecule is C=CC(=O)OCCCCOc1ccc(C(=O)OC2=CC=C(OCOCc3ccc(OC(=O)NCCOC(=O)C=C)cc3)CC2)cc1. The van der Waals surface area contributed by atoms with Gasteiger partial charge in [-0.05, 0) is 67.0 Å².